The molecule has 0 fully saturated rings. The summed E-state index contributed by atoms with van der Waals surface area (Å²) in [4.78, 5) is 2.29. The molecule has 1 N–H and O–H groups in total. The van der Waals surface area contributed by atoms with Gasteiger partial charge >= 0.3 is 0 Å². The van der Waals surface area contributed by atoms with Gasteiger partial charge in [0.25, 0.3) is 0 Å². The maximum Gasteiger partial charge on any atom is 0.114 e. The number of hydrogen-bond acceptors (Lipinski definition) is 3. The van der Waals surface area contributed by atoms with E-state index in [1.54, 1.807) is 18.0 Å². The summed E-state index contributed by atoms with van der Waals surface area (Å²) in [6.45, 7) is 3.93. The molecule has 0 aliphatic rings. The van der Waals surface area contributed by atoms with Crippen molar-refractivity contribution in [2.24, 2.45) is 0 Å². The number of furan rings is 1. The average molecular weight is 248 g/mol. The molecule has 0 spiro atoms. The first-order chi connectivity index (χ1) is 8.20. The maximum atomic E-state index is 9.70. The van der Waals surface area contributed by atoms with Gasteiger partial charge < -0.3 is 9.52 Å². The number of aliphatic hydroxyl groups is 1. The van der Waals surface area contributed by atoms with Crippen LogP contribution in [0.4, 0.5) is 0 Å². The summed E-state index contributed by atoms with van der Waals surface area (Å²) in [6.07, 6.45) is 2.09. The lowest BCUT2D eigenvalue weighted by atomic mass is 10.1. The second kappa shape index (κ2) is 5.43. The Kier molecular flexibility index (Phi) is 3.92. The molecule has 1 atom stereocenters. The lowest BCUT2D eigenvalue weighted by Crippen LogP contribution is -1.93. The van der Waals surface area contributed by atoms with E-state index in [4.69, 9.17) is 4.42 Å². The van der Waals surface area contributed by atoms with Crippen LogP contribution in [-0.4, -0.2) is 5.11 Å². The van der Waals surface area contributed by atoms with Crippen LogP contribution in [0, 0.1) is 6.92 Å². The van der Waals surface area contributed by atoms with Crippen LogP contribution >= 0.6 is 11.8 Å². The Bertz CT molecular complexity index is 473. The highest BCUT2D eigenvalue weighted by Crippen LogP contribution is 2.31. The molecule has 0 aliphatic heterocycles. The van der Waals surface area contributed by atoms with Crippen LogP contribution in [0.15, 0.2) is 50.8 Å². The molecule has 90 valence electrons. The van der Waals surface area contributed by atoms with Crippen LogP contribution < -0.4 is 0 Å². The van der Waals surface area contributed by atoms with Gasteiger partial charge in [0, 0.05) is 4.90 Å². The second-order valence-corrected chi connectivity index (χ2v) is 5.05. The zero-order chi connectivity index (χ0) is 12.3. The highest BCUT2D eigenvalue weighted by atomic mass is 32.2. The third-order valence-electron chi connectivity index (χ3n) is 2.69. The fourth-order valence-electron chi connectivity index (χ4n) is 1.60. The van der Waals surface area contributed by atoms with Crippen molar-refractivity contribution in [2.45, 2.75) is 36.2 Å². The lowest BCUT2D eigenvalue weighted by Gasteiger charge is -2.08. The van der Waals surface area contributed by atoms with Crippen molar-refractivity contribution in [1.29, 1.82) is 0 Å². The van der Waals surface area contributed by atoms with Gasteiger partial charge in [-0.2, -0.15) is 0 Å². The number of aryl methyl sites for hydroxylation is 1. The van der Waals surface area contributed by atoms with Gasteiger partial charge in [0.15, 0.2) is 0 Å². The number of benzene rings is 1. The first-order valence-corrected chi connectivity index (χ1v) is 6.52. The highest BCUT2D eigenvalue weighted by Gasteiger charge is 2.06. The van der Waals surface area contributed by atoms with Gasteiger partial charge in [-0.25, -0.2) is 0 Å². The SMILES string of the molecule is CC[C@@H](O)c1ccc(Sc2ccoc2C)cc1. The number of rotatable bonds is 4. The number of aliphatic hydroxyl groups excluding tert-OH is 1. The molecule has 1 aromatic carbocycles. The molecule has 0 amide bonds. The van der Waals surface area contributed by atoms with Gasteiger partial charge in [-0.15, -0.1) is 0 Å². The molecule has 2 nitrogen and oxygen atoms in total. The third kappa shape index (κ3) is 2.93. The van der Waals surface area contributed by atoms with E-state index < -0.39 is 0 Å². The second-order valence-electron chi connectivity index (χ2n) is 3.94. The standard InChI is InChI=1S/C14H16O2S/c1-3-13(15)11-4-6-12(7-5-11)17-14-8-9-16-10(14)2/h4-9,13,15H,3H2,1-2H3/t13-/m1/s1. The Hall–Kier alpha value is -1.19. The van der Waals surface area contributed by atoms with E-state index in [0.717, 1.165) is 27.5 Å². The summed E-state index contributed by atoms with van der Waals surface area (Å²) in [7, 11) is 0. The Balaban J connectivity index is 2.11. The van der Waals surface area contributed by atoms with Crippen molar-refractivity contribution >= 4 is 11.8 Å². The van der Waals surface area contributed by atoms with Crippen LogP contribution in [0.5, 0.6) is 0 Å². The molecule has 17 heavy (non-hydrogen) atoms. The normalized spacial score (nSPS) is 12.6. The summed E-state index contributed by atoms with van der Waals surface area (Å²) in [6, 6.07) is 9.99. The summed E-state index contributed by atoms with van der Waals surface area (Å²) >= 11 is 1.67. The molecule has 0 bridgehead atoms. The zero-order valence-electron chi connectivity index (χ0n) is 10.0. The Morgan fingerprint density at radius 1 is 1.24 bits per heavy atom. The third-order valence-corrected chi connectivity index (χ3v) is 3.84. The first-order valence-electron chi connectivity index (χ1n) is 5.70. The molecular formula is C14H16O2S. The first kappa shape index (κ1) is 12.3. The zero-order valence-corrected chi connectivity index (χ0v) is 10.8. The fraction of sp³-hybridized carbons (Fsp3) is 0.286. The summed E-state index contributed by atoms with van der Waals surface area (Å²) in [5.74, 6) is 0.938. The van der Waals surface area contributed by atoms with E-state index in [1.165, 1.54) is 0 Å². The van der Waals surface area contributed by atoms with Crippen LogP contribution in [0.3, 0.4) is 0 Å². The predicted octanol–water partition coefficient (Wildman–Crippen LogP) is 4.18. The minimum Gasteiger partial charge on any atom is -0.468 e. The topological polar surface area (TPSA) is 33.4 Å². The van der Waals surface area contributed by atoms with E-state index in [9.17, 15) is 5.11 Å². The molecule has 1 heterocycles. The van der Waals surface area contributed by atoms with E-state index in [1.807, 2.05) is 44.2 Å². The monoisotopic (exact) mass is 248 g/mol. The van der Waals surface area contributed by atoms with Gasteiger partial charge in [0.2, 0.25) is 0 Å². The quantitative estimate of drug-likeness (QED) is 0.881. The van der Waals surface area contributed by atoms with Gasteiger partial charge in [0.1, 0.15) is 5.76 Å². The van der Waals surface area contributed by atoms with Crippen molar-refractivity contribution in [1.82, 2.24) is 0 Å². The van der Waals surface area contributed by atoms with Crippen LogP contribution in [-0.2, 0) is 0 Å². The molecular weight excluding hydrogens is 232 g/mol. The van der Waals surface area contributed by atoms with Crippen LogP contribution in [0.25, 0.3) is 0 Å². The Labute approximate surface area is 106 Å². The Morgan fingerprint density at radius 2 is 1.94 bits per heavy atom. The van der Waals surface area contributed by atoms with E-state index in [0.29, 0.717) is 0 Å². The van der Waals surface area contributed by atoms with Crippen molar-refractivity contribution in [3.63, 3.8) is 0 Å². The van der Waals surface area contributed by atoms with Crippen LogP contribution in [0.2, 0.25) is 0 Å². The average Bonchev–Trinajstić information content (AvgIpc) is 2.75. The number of hydrogen-bond donors (Lipinski definition) is 1. The maximum absolute atomic E-state index is 9.70. The van der Waals surface area contributed by atoms with Gasteiger partial charge in [0.05, 0.1) is 17.3 Å². The largest absolute Gasteiger partial charge is 0.468 e. The fourth-order valence-corrected chi connectivity index (χ4v) is 2.44. The lowest BCUT2D eigenvalue weighted by molar-refractivity contribution is 0.173. The molecule has 1 aromatic heterocycles. The molecule has 0 radical (unpaired) electrons. The molecule has 0 saturated heterocycles. The minimum atomic E-state index is -0.357. The minimum absolute atomic E-state index is 0.357. The highest BCUT2D eigenvalue weighted by molar-refractivity contribution is 7.99. The molecule has 3 heteroatoms. The smallest absolute Gasteiger partial charge is 0.114 e. The van der Waals surface area contributed by atoms with Crippen molar-refractivity contribution in [2.75, 3.05) is 0 Å². The molecule has 0 unspecified atom stereocenters. The summed E-state index contributed by atoms with van der Waals surface area (Å²) in [5, 5.41) is 9.70. The van der Waals surface area contributed by atoms with Gasteiger partial charge in [-0.3, -0.25) is 0 Å². The van der Waals surface area contributed by atoms with E-state index in [2.05, 4.69) is 0 Å². The van der Waals surface area contributed by atoms with Crippen molar-refractivity contribution < 1.29 is 9.52 Å². The molecule has 0 aliphatic carbocycles. The van der Waals surface area contributed by atoms with Gasteiger partial charge in [-0.1, -0.05) is 30.8 Å². The summed E-state index contributed by atoms with van der Waals surface area (Å²) in [5.41, 5.74) is 0.973. The van der Waals surface area contributed by atoms with Crippen LogP contribution in [0.1, 0.15) is 30.8 Å². The van der Waals surface area contributed by atoms with Crippen molar-refractivity contribution in [3.05, 3.63) is 47.9 Å². The molecule has 2 aromatic rings. The molecule has 0 saturated carbocycles. The van der Waals surface area contributed by atoms with E-state index >= 15 is 0 Å². The summed E-state index contributed by atoms with van der Waals surface area (Å²) < 4.78 is 5.26. The molecule has 2 rings (SSSR count). The van der Waals surface area contributed by atoms with E-state index in [-0.39, 0.29) is 6.10 Å². The Morgan fingerprint density at radius 3 is 2.47 bits per heavy atom. The predicted molar refractivity (Wildman–Crippen MR) is 69.3 cm³/mol. The van der Waals surface area contributed by atoms with Gasteiger partial charge in [-0.05, 0) is 37.1 Å². The van der Waals surface area contributed by atoms with Crippen molar-refractivity contribution in [3.8, 4) is 0 Å².